The zero-order valence-corrected chi connectivity index (χ0v) is 10.6. The standard InChI is InChI=1S/C12H13ClN2O3/c1-18-10(16)8-6-7(13)2-3-9(8)15-11(17)12(14)4-5-12/h2-3,6H,4-5,14H2,1H3,(H,15,17). The zero-order chi connectivity index (χ0) is 13.3. The number of anilines is 1. The van der Waals surface area contributed by atoms with Crippen LogP contribution in [0.5, 0.6) is 0 Å². The van der Waals surface area contributed by atoms with Gasteiger partial charge in [0.05, 0.1) is 23.9 Å². The molecule has 0 aliphatic heterocycles. The summed E-state index contributed by atoms with van der Waals surface area (Å²) in [5.74, 6) is -0.857. The molecule has 96 valence electrons. The van der Waals surface area contributed by atoms with Gasteiger partial charge in [-0.15, -0.1) is 0 Å². The molecule has 1 fully saturated rings. The van der Waals surface area contributed by atoms with Crippen molar-refractivity contribution in [2.24, 2.45) is 5.73 Å². The first-order valence-electron chi connectivity index (χ1n) is 5.44. The van der Waals surface area contributed by atoms with Crippen LogP contribution in [0.15, 0.2) is 18.2 Å². The Hall–Kier alpha value is -1.59. The number of ether oxygens (including phenoxy) is 1. The fourth-order valence-electron chi connectivity index (χ4n) is 1.51. The summed E-state index contributed by atoms with van der Waals surface area (Å²) in [6.45, 7) is 0. The van der Waals surface area contributed by atoms with E-state index in [4.69, 9.17) is 17.3 Å². The number of nitrogens with one attached hydrogen (secondary N) is 1. The molecule has 1 amide bonds. The molecule has 1 aliphatic carbocycles. The summed E-state index contributed by atoms with van der Waals surface area (Å²) in [6, 6.07) is 4.58. The summed E-state index contributed by atoms with van der Waals surface area (Å²) in [6.07, 6.45) is 1.31. The van der Waals surface area contributed by atoms with E-state index in [1.165, 1.54) is 13.2 Å². The van der Waals surface area contributed by atoms with Gasteiger partial charge in [0.2, 0.25) is 5.91 Å². The lowest BCUT2D eigenvalue weighted by Crippen LogP contribution is -2.38. The van der Waals surface area contributed by atoms with Crippen LogP contribution in [0.3, 0.4) is 0 Å². The molecular formula is C12H13ClN2O3. The first-order valence-corrected chi connectivity index (χ1v) is 5.82. The van der Waals surface area contributed by atoms with Gasteiger partial charge < -0.3 is 15.8 Å². The van der Waals surface area contributed by atoms with Crippen molar-refractivity contribution < 1.29 is 14.3 Å². The van der Waals surface area contributed by atoms with E-state index in [-0.39, 0.29) is 11.5 Å². The topological polar surface area (TPSA) is 81.4 Å². The minimum absolute atomic E-state index is 0.211. The Balaban J connectivity index is 2.26. The number of halogens is 1. The molecule has 5 nitrogen and oxygen atoms in total. The summed E-state index contributed by atoms with van der Waals surface area (Å²) in [5, 5.41) is 3.02. The van der Waals surface area contributed by atoms with Gasteiger partial charge in [0.1, 0.15) is 0 Å². The number of carbonyl (C=O) groups is 2. The second-order valence-electron chi connectivity index (χ2n) is 4.29. The molecular weight excluding hydrogens is 256 g/mol. The van der Waals surface area contributed by atoms with Crippen molar-refractivity contribution in [3.63, 3.8) is 0 Å². The molecule has 1 saturated carbocycles. The quantitative estimate of drug-likeness (QED) is 0.815. The molecule has 0 unspecified atom stereocenters. The number of carbonyl (C=O) groups excluding carboxylic acids is 2. The Kier molecular flexibility index (Phi) is 3.28. The first kappa shape index (κ1) is 12.9. The Morgan fingerprint density at radius 2 is 2.11 bits per heavy atom. The van der Waals surface area contributed by atoms with Crippen LogP contribution >= 0.6 is 11.6 Å². The average molecular weight is 269 g/mol. The predicted molar refractivity (Wildman–Crippen MR) is 67.6 cm³/mol. The Labute approximate surface area is 109 Å². The zero-order valence-electron chi connectivity index (χ0n) is 9.83. The Morgan fingerprint density at radius 3 is 2.67 bits per heavy atom. The highest BCUT2D eigenvalue weighted by atomic mass is 35.5. The minimum atomic E-state index is -0.799. The van der Waals surface area contributed by atoms with E-state index in [1.807, 2.05) is 0 Å². The maximum Gasteiger partial charge on any atom is 0.340 e. The fraction of sp³-hybridized carbons (Fsp3) is 0.333. The summed E-state index contributed by atoms with van der Waals surface area (Å²) in [7, 11) is 1.26. The third kappa shape index (κ3) is 2.47. The largest absolute Gasteiger partial charge is 0.465 e. The second-order valence-corrected chi connectivity index (χ2v) is 4.73. The molecule has 0 radical (unpaired) electrons. The van der Waals surface area contributed by atoms with Crippen LogP contribution in [0, 0.1) is 0 Å². The highest BCUT2D eigenvalue weighted by molar-refractivity contribution is 6.31. The number of esters is 1. The van der Waals surface area contributed by atoms with E-state index in [0.717, 1.165) is 0 Å². The van der Waals surface area contributed by atoms with E-state index in [1.54, 1.807) is 12.1 Å². The van der Waals surface area contributed by atoms with Gasteiger partial charge >= 0.3 is 5.97 Å². The average Bonchev–Trinajstić information content (AvgIpc) is 3.10. The third-order valence-corrected chi connectivity index (χ3v) is 3.11. The van der Waals surface area contributed by atoms with E-state index < -0.39 is 11.5 Å². The first-order chi connectivity index (χ1) is 8.46. The molecule has 1 aromatic carbocycles. The lowest BCUT2D eigenvalue weighted by atomic mass is 10.1. The normalized spacial score (nSPS) is 15.9. The predicted octanol–water partition coefficient (Wildman–Crippen LogP) is 1.56. The summed E-state index contributed by atoms with van der Waals surface area (Å²) >= 11 is 5.81. The van der Waals surface area contributed by atoms with Gasteiger partial charge in [0, 0.05) is 5.02 Å². The molecule has 0 aromatic heterocycles. The molecule has 18 heavy (non-hydrogen) atoms. The van der Waals surface area contributed by atoms with E-state index in [9.17, 15) is 9.59 Å². The van der Waals surface area contributed by atoms with Crippen molar-refractivity contribution in [1.82, 2.24) is 0 Å². The van der Waals surface area contributed by atoms with Gasteiger partial charge in [-0.25, -0.2) is 4.79 Å². The summed E-state index contributed by atoms with van der Waals surface area (Å²) < 4.78 is 4.63. The number of hydrogen-bond acceptors (Lipinski definition) is 4. The van der Waals surface area contributed by atoms with Crippen molar-refractivity contribution in [3.8, 4) is 0 Å². The van der Waals surface area contributed by atoms with Crippen LogP contribution in [0.4, 0.5) is 5.69 Å². The number of rotatable bonds is 3. The van der Waals surface area contributed by atoms with Crippen LogP contribution in [-0.4, -0.2) is 24.5 Å². The number of hydrogen-bond donors (Lipinski definition) is 2. The molecule has 1 aromatic rings. The Morgan fingerprint density at radius 1 is 1.44 bits per heavy atom. The third-order valence-electron chi connectivity index (χ3n) is 2.88. The number of amides is 1. The van der Waals surface area contributed by atoms with Crippen LogP contribution in [0.25, 0.3) is 0 Å². The number of nitrogens with two attached hydrogens (primary N) is 1. The highest BCUT2D eigenvalue weighted by Gasteiger charge is 2.46. The van der Waals surface area contributed by atoms with Crippen LogP contribution in [0.2, 0.25) is 5.02 Å². The fourth-order valence-corrected chi connectivity index (χ4v) is 1.68. The van der Waals surface area contributed by atoms with Gasteiger partial charge in [-0.05, 0) is 31.0 Å². The monoisotopic (exact) mass is 268 g/mol. The molecule has 0 atom stereocenters. The molecule has 0 bridgehead atoms. The van der Waals surface area contributed by atoms with Crippen LogP contribution < -0.4 is 11.1 Å². The SMILES string of the molecule is COC(=O)c1cc(Cl)ccc1NC(=O)C1(N)CC1. The number of methoxy groups -OCH3 is 1. The highest BCUT2D eigenvalue weighted by Crippen LogP contribution is 2.34. The lowest BCUT2D eigenvalue weighted by molar-refractivity contribution is -0.118. The molecule has 0 spiro atoms. The molecule has 0 saturated heterocycles. The summed E-state index contributed by atoms with van der Waals surface area (Å²) in [5.41, 5.74) is 5.54. The molecule has 6 heteroatoms. The maximum absolute atomic E-state index is 11.8. The maximum atomic E-state index is 11.8. The molecule has 3 N–H and O–H groups in total. The minimum Gasteiger partial charge on any atom is -0.465 e. The van der Waals surface area contributed by atoms with E-state index in [0.29, 0.717) is 23.6 Å². The molecule has 1 aliphatic rings. The van der Waals surface area contributed by atoms with E-state index >= 15 is 0 Å². The van der Waals surface area contributed by atoms with Gasteiger partial charge in [-0.3, -0.25) is 4.79 Å². The van der Waals surface area contributed by atoms with Gasteiger partial charge in [-0.1, -0.05) is 11.6 Å². The van der Waals surface area contributed by atoms with Crippen molar-refractivity contribution in [2.75, 3.05) is 12.4 Å². The van der Waals surface area contributed by atoms with Crippen molar-refractivity contribution >= 4 is 29.2 Å². The van der Waals surface area contributed by atoms with Gasteiger partial charge in [0.15, 0.2) is 0 Å². The molecule has 0 heterocycles. The van der Waals surface area contributed by atoms with Gasteiger partial charge in [0.25, 0.3) is 0 Å². The number of benzene rings is 1. The van der Waals surface area contributed by atoms with Crippen LogP contribution in [0.1, 0.15) is 23.2 Å². The lowest BCUT2D eigenvalue weighted by Gasteiger charge is -2.13. The van der Waals surface area contributed by atoms with Gasteiger partial charge in [-0.2, -0.15) is 0 Å². The Bertz CT molecular complexity index is 512. The second kappa shape index (κ2) is 4.59. The van der Waals surface area contributed by atoms with Crippen molar-refractivity contribution in [1.29, 1.82) is 0 Å². The van der Waals surface area contributed by atoms with Crippen LogP contribution in [-0.2, 0) is 9.53 Å². The van der Waals surface area contributed by atoms with Crippen molar-refractivity contribution in [2.45, 2.75) is 18.4 Å². The van der Waals surface area contributed by atoms with E-state index in [2.05, 4.69) is 10.1 Å². The smallest absolute Gasteiger partial charge is 0.340 e. The summed E-state index contributed by atoms with van der Waals surface area (Å²) in [4.78, 5) is 23.4. The van der Waals surface area contributed by atoms with Crippen molar-refractivity contribution in [3.05, 3.63) is 28.8 Å². The molecule has 2 rings (SSSR count).